The van der Waals surface area contributed by atoms with Gasteiger partial charge in [-0.3, -0.25) is 9.59 Å². The predicted octanol–water partition coefficient (Wildman–Crippen LogP) is 1.13. The fourth-order valence-electron chi connectivity index (χ4n) is 4.00. The second kappa shape index (κ2) is 6.43. The van der Waals surface area contributed by atoms with Crippen LogP contribution < -0.4 is 10.2 Å². The summed E-state index contributed by atoms with van der Waals surface area (Å²) in [6, 6.07) is 3.22. The maximum absolute atomic E-state index is 15.0. The SMILES string of the molecule is CC1CC1[N+]1=CC(C(=O)O)C(=O)c2cc(F)c(N3CCNCC3)c(C#N)c21. The van der Waals surface area contributed by atoms with Crippen molar-refractivity contribution in [3.05, 3.63) is 23.0 Å². The van der Waals surface area contributed by atoms with Crippen molar-refractivity contribution in [1.82, 2.24) is 5.32 Å². The number of nitrogens with one attached hydrogen (secondary N) is 1. The van der Waals surface area contributed by atoms with E-state index in [1.165, 1.54) is 6.21 Å². The quantitative estimate of drug-likeness (QED) is 0.611. The van der Waals surface area contributed by atoms with Gasteiger partial charge in [0, 0.05) is 38.5 Å². The van der Waals surface area contributed by atoms with E-state index in [-0.39, 0.29) is 22.9 Å². The molecule has 3 aliphatic rings. The van der Waals surface area contributed by atoms with Gasteiger partial charge < -0.3 is 15.3 Å². The number of piperazine rings is 1. The first-order valence-electron chi connectivity index (χ1n) is 9.06. The molecule has 0 aromatic heterocycles. The van der Waals surface area contributed by atoms with E-state index in [0.717, 1.165) is 12.5 Å². The van der Waals surface area contributed by atoms with Crippen molar-refractivity contribution in [3.8, 4) is 6.07 Å². The third-order valence-electron chi connectivity index (χ3n) is 5.58. The van der Waals surface area contributed by atoms with E-state index in [1.807, 2.05) is 11.8 Å². The van der Waals surface area contributed by atoms with Crippen LogP contribution in [0.25, 0.3) is 0 Å². The summed E-state index contributed by atoms with van der Waals surface area (Å²) in [6.45, 7) is 4.49. The molecular formula is C19H20FN4O3+. The first-order chi connectivity index (χ1) is 12.9. The van der Waals surface area contributed by atoms with Crippen LogP contribution in [-0.2, 0) is 4.79 Å². The zero-order chi connectivity index (χ0) is 19.3. The van der Waals surface area contributed by atoms with Gasteiger partial charge in [0.05, 0.1) is 11.3 Å². The minimum atomic E-state index is -1.36. The fourth-order valence-corrected chi connectivity index (χ4v) is 4.00. The lowest BCUT2D eigenvalue weighted by molar-refractivity contribution is -0.457. The van der Waals surface area contributed by atoms with Crippen LogP contribution in [0.5, 0.6) is 0 Å². The summed E-state index contributed by atoms with van der Waals surface area (Å²) >= 11 is 0. The number of carbonyl (C=O) groups excluding carboxylic acids is 1. The van der Waals surface area contributed by atoms with Crippen LogP contribution in [0, 0.1) is 29.0 Å². The van der Waals surface area contributed by atoms with Crippen LogP contribution in [0.2, 0.25) is 0 Å². The lowest BCUT2D eigenvalue weighted by Gasteiger charge is -2.31. The highest BCUT2D eigenvalue weighted by Gasteiger charge is 2.51. The summed E-state index contributed by atoms with van der Waals surface area (Å²) in [5.41, 5.74) is 0.645. The number of aliphatic carboxylic acids is 1. The van der Waals surface area contributed by atoms with Gasteiger partial charge in [-0.05, 0) is 6.07 Å². The number of rotatable bonds is 3. The Bertz CT molecular complexity index is 915. The summed E-state index contributed by atoms with van der Waals surface area (Å²) < 4.78 is 16.7. The molecule has 27 heavy (non-hydrogen) atoms. The first-order valence-corrected chi connectivity index (χ1v) is 9.06. The minimum Gasteiger partial charge on any atom is -0.480 e. The van der Waals surface area contributed by atoms with Crippen LogP contribution >= 0.6 is 0 Å². The highest BCUT2D eigenvalue weighted by molar-refractivity contribution is 6.20. The van der Waals surface area contributed by atoms with Crippen molar-refractivity contribution in [2.45, 2.75) is 19.4 Å². The Labute approximate surface area is 155 Å². The molecule has 2 fully saturated rings. The van der Waals surface area contributed by atoms with Crippen LogP contribution in [0.3, 0.4) is 0 Å². The number of halogens is 1. The number of fused-ring (bicyclic) bond motifs is 1. The third-order valence-corrected chi connectivity index (χ3v) is 5.58. The fraction of sp³-hybridized carbons (Fsp3) is 0.474. The van der Waals surface area contributed by atoms with E-state index in [2.05, 4.69) is 11.4 Å². The molecular weight excluding hydrogens is 351 g/mol. The standard InChI is InChI=1S/C19H19FN4O3/c1-10-6-15(10)24-9-13(19(26)27)18(25)11-7-14(20)17(12(8-21)16(11)24)23-4-2-22-3-5-23/h7,9-10,13,15,22H,2-6H2,1H3/p+1. The Hall–Kier alpha value is -2.79. The van der Waals surface area contributed by atoms with Crippen LogP contribution in [0.15, 0.2) is 6.07 Å². The third kappa shape index (κ3) is 2.79. The molecule has 1 aromatic rings. The average molecular weight is 371 g/mol. The number of hydrogen-bond donors (Lipinski definition) is 2. The van der Waals surface area contributed by atoms with Gasteiger partial charge in [-0.1, -0.05) is 6.92 Å². The van der Waals surface area contributed by atoms with Crippen molar-refractivity contribution >= 4 is 29.3 Å². The van der Waals surface area contributed by atoms with Gasteiger partial charge in [0.25, 0.3) is 0 Å². The van der Waals surface area contributed by atoms with Crippen LogP contribution in [-0.4, -0.2) is 59.9 Å². The number of nitriles is 1. The Morgan fingerprint density at radius 1 is 1.44 bits per heavy atom. The van der Waals surface area contributed by atoms with Crippen molar-refractivity contribution < 1.29 is 23.7 Å². The van der Waals surface area contributed by atoms with Gasteiger partial charge in [-0.25, -0.2) is 4.39 Å². The smallest absolute Gasteiger partial charge is 0.324 e. The summed E-state index contributed by atoms with van der Waals surface area (Å²) in [5, 5.41) is 22.5. The highest BCUT2D eigenvalue weighted by Crippen LogP contribution is 2.44. The Morgan fingerprint density at radius 3 is 2.67 bits per heavy atom. The molecule has 140 valence electrons. The van der Waals surface area contributed by atoms with E-state index in [9.17, 15) is 24.3 Å². The molecule has 1 aromatic carbocycles. The van der Waals surface area contributed by atoms with Crippen molar-refractivity contribution in [2.75, 3.05) is 31.1 Å². The number of benzene rings is 1. The molecule has 0 bridgehead atoms. The number of carbonyl (C=O) groups is 2. The number of ketones is 1. The molecule has 3 unspecified atom stereocenters. The Morgan fingerprint density at radius 2 is 2.11 bits per heavy atom. The molecule has 1 saturated carbocycles. The van der Waals surface area contributed by atoms with Gasteiger partial charge in [-0.15, -0.1) is 0 Å². The van der Waals surface area contributed by atoms with Crippen molar-refractivity contribution in [3.63, 3.8) is 0 Å². The van der Waals surface area contributed by atoms with E-state index in [0.29, 0.717) is 37.8 Å². The van der Waals surface area contributed by atoms with Gasteiger partial charge >= 0.3 is 5.97 Å². The Kier molecular flexibility index (Phi) is 4.19. The number of hydrogen-bond acceptors (Lipinski definition) is 5. The molecule has 8 heteroatoms. The largest absolute Gasteiger partial charge is 0.480 e. The normalized spacial score (nSPS) is 26.9. The molecule has 1 saturated heterocycles. The Balaban J connectivity index is 1.94. The molecule has 7 nitrogen and oxygen atoms in total. The second-order valence-corrected chi connectivity index (χ2v) is 7.34. The van der Waals surface area contributed by atoms with E-state index < -0.39 is 23.5 Å². The number of nitrogens with zero attached hydrogens (tertiary/aromatic N) is 3. The molecule has 4 rings (SSSR count). The molecule has 1 aliphatic carbocycles. The van der Waals surface area contributed by atoms with Crippen LogP contribution in [0.4, 0.5) is 15.8 Å². The zero-order valence-electron chi connectivity index (χ0n) is 14.9. The second-order valence-electron chi connectivity index (χ2n) is 7.34. The van der Waals surface area contributed by atoms with Gasteiger partial charge in [0.1, 0.15) is 11.9 Å². The number of anilines is 1. The molecule has 0 spiro atoms. The van der Waals surface area contributed by atoms with E-state index >= 15 is 0 Å². The lowest BCUT2D eigenvalue weighted by atomic mass is 9.90. The van der Waals surface area contributed by atoms with Crippen LogP contribution in [0.1, 0.15) is 29.3 Å². The van der Waals surface area contributed by atoms with Crippen molar-refractivity contribution in [2.24, 2.45) is 11.8 Å². The molecule has 3 atom stereocenters. The maximum atomic E-state index is 15.0. The minimum absolute atomic E-state index is 0.0167. The van der Waals surface area contributed by atoms with Crippen molar-refractivity contribution in [1.29, 1.82) is 5.26 Å². The molecule has 0 radical (unpaired) electrons. The first kappa shape index (κ1) is 17.6. The monoisotopic (exact) mass is 371 g/mol. The number of carboxylic acid groups (broad SMARTS) is 1. The summed E-state index contributed by atoms with van der Waals surface area (Å²) in [4.78, 5) is 26.1. The summed E-state index contributed by atoms with van der Waals surface area (Å²) in [7, 11) is 0. The predicted molar refractivity (Wildman–Crippen MR) is 95.2 cm³/mol. The summed E-state index contributed by atoms with van der Waals surface area (Å²) in [5.74, 6) is -3.65. The van der Waals surface area contributed by atoms with E-state index in [1.54, 1.807) is 4.58 Å². The molecule has 2 N–H and O–H groups in total. The average Bonchev–Trinajstić information content (AvgIpc) is 3.38. The molecule has 2 aliphatic heterocycles. The highest BCUT2D eigenvalue weighted by atomic mass is 19.1. The van der Waals surface area contributed by atoms with Gasteiger partial charge in [0.15, 0.2) is 29.5 Å². The van der Waals surface area contributed by atoms with Gasteiger partial charge in [-0.2, -0.15) is 9.84 Å². The number of Topliss-reactive ketones (excluding diaryl/α,β-unsaturated/α-hetero) is 1. The van der Waals surface area contributed by atoms with Gasteiger partial charge in [0.2, 0.25) is 5.69 Å². The lowest BCUT2D eigenvalue weighted by Crippen LogP contribution is -2.44. The maximum Gasteiger partial charge on any atom is 0.324 e. The topological polar surface area (TPSA) is 96.4 Å². The summed E-state index contributed by atoms with van der Waals surface area (Å²) in [6.07, 6.45) is 2.23. The van der Waals surface area contributed by atoms with E-state index in [4.69, 9.17) is 0 Å². The zero-order valence-corrected chi connectivity index (χ0v) is 14.9. The molecule has 0 amide bonds. The molecule has 2 heterocycles. The number of carboxylic acids is 1.